The van der Waals surface area contributed by atoms with Gasteiger partial charge in [-0.2, -0.15) is 5.26 Å². The number of aromatic carboxylic acids is 1. The molecule has 1 amide bonds. The van der Waals surface area contributed by atoms with E-state index in [0.717, 1.165) is 28.9 Å². The molecule has 8 heteroatoms. The quantitative estimate of drug-likeness (QED) is 0.366. The highest BCUT2D eigenvalue weighted by atomic mass is 16.4. The van der Waals surface area contributed by atoms with Gasteiger partial charge in [0.25, 0.3) is 0 Å². The molecule has 0 spiro atoms. The summed E-state index contributed by atoms with van der Waals surface area (Å²) in [6.07, 6.45) is 4.62. The van der Waals surface area contributed by atoms with Crippen molar-refractivity contribution in [1.29, 1.82) is 5.26 Å². The Kier molecular flexibility index (Phi) is 7.07. The summed E-state index contributed by atoms with van der Waals surface area (Å²) in [7, 11) is 0. The Balaban J connectivity index is 1.56. The number of hydrogen-bond acceptors (Lipinski definition) is 5. The lowest BCUT2D eigenvalue weighted by atomic mass is 10.1. The molecule has 0 aliphatic carbocycles. The van der Waals surface area contributed by atoms with E-state index in [1.54, 1.807) is 47.8 Å². The van der Waals surface area contributed by atoms with Crippen molar-refractivity contribution in [2.45, 2.75) is 32.9 Å². The molecule has 0 unspecified atom stereocenters. The highest BCUT2D eigenvalue weighted by Gasteiger charge is 2.18. The average molecular weight is 469 g/mol. The van der Waals surface area contributed by atoms with E-state index in [1.165, 1.54) is 6.07 Å². The maximum Gasteiger partial charge on any atom is 0.371 e. The van der Waals surface area contributed by atoms with Gasteiger partial charge in [-0.15, -0.1) is 0 Å². The van der Waals surface area contributed by atoms with Crippen LogP contribution in [0.1, 0.15) is 47.1 Å². The lowest BCUT2D eigenvalue weighted by Gasteiger charge is -2.24. The zero-order valence-corrected chi connectivity index (χ0v) is 19.2. The fraction of sp³-hybridized carbons (Fsp3) is 0.185. The van der Waals surface area contributed by atoms with Gasteiger partial charge in [0.2, 0.25) is 11.7 Å². The summed E-state index contributed by atoms with van der Waals surface area (Å²) in [4.78, 5) is 30.1. The van der Waals surface area contributed by atoms with E-state index in [4.69, 9.17) is 14.8 Å². The molecule has 0 saturated carbocycles. The molecule has 0 saturated heterocycles. The van der Waals surface area contributed by atoms with Crippen molar-refractivity contribution in [3.63, 3.8) is 0 Å². The molecule has 176 valence electrons. The van der Waals surface area contributed by atoms with Gasteiger partial charge in [-0.3, -0.25) is 4.79 Å². The molecule has 0 bridgehead atoms. The Morgan fingerprint density at radius 1 is 1.09 bits per heavy atom. The number of hydrogen-bond donors (Lipinski definition) is 1. The minimum absolute atomic E-state index is 0.00228. The summed E-state index contributed by atoms with van der Waals surface area (Å²) in [6.45, 7) is 2.88. The number of carboxylic acid groups (broad SMARTS) is 1. The highest BCUT2D eigenvalue weighted by molar-refractivity contribution is 5.93. The molecule has 0 aliphatic rings. The topological polar surface area (TPSA) is 112 Å². The second-order valence-electron chi connectivity index (χ2n) is 8.07. The molecule has 0 radical (unpaired) electrons. The zero-order chi connectivity index (χ0) is 24.8. The van der Waals surface area contributed by atoms with Gasteiger partial charge in [0.05, 0.1) is 30.2 Å². The van der Waals surface area contributed by atoms with E-state index in [-0.39, 0.29) is 11.7 Å². The molecule has 0 atom stereocenters. The van der Waals surface area contributed by atoms with Crippen LogP contribution in [0.5, 0.6) is 0 Å². The summed E-state index contributed by atoms with van der Waals surface area (Å²) >= 11 is 0. The summed E-state index contributed by atoms with van der Waals surface area (Å²) < 4.78 is 7.36. The number of rotatable bonds is 9. The van der Waals surface area contributed by atoms with Crippen LogP contribution >= 0.6 is 0 Å². The third-order valence-corrected chi connectivity index (χ3v) is 5.60. The van der Waals surface area contributed by atoms with Gasteiger partial charge >= 0.3 is 5.97 Å². The van der Waals surface area contributed by atoms with E-state index in [9.17, 15) is 9.59 Å². The minimum atomic E-state index is -1.12. The number of carbonyl (C=O) groups excluding carboxylic acids is 1. The number of aromatic nitrogens is 2. The van der Waals surface area contributed by atoms with E-state index < -0.39 is 5.97 Å². The molecule has 1 N–H and O–H groups in total. The number of anilines is 1. The second kappa shape index (κ2) is 10.5. The van der Waals surface area contributed by atoms with E-state index in [1.807, 2.05) is 35.8 Å². The Hall–Kier alpha value is -4.64. The number of nitrogens with zero attached hydrogens (tertiary/aromatic N) is 4. The zero-order valence-electron chi connectivity index (χ0n) is 19.2. The Labute approximate surface area is 202 Å². The van der Waals surface area contributed by atoms with Crippen molar-refractivity contribution in [2.24, 2.45) is 0 Å². The van der Waals surface area contributed by atoms with E-state index in [2.05, 4.69) is 11.1 Å². The van der Waals surface area contributed by atoms with Crippen LogP contribution in [-0.2, 0) is 17.9 Å². The largest absolute Gasteiger partial charge is 0.475 e. The standard InChI is InChI=1S/C27H24N4O4/c1-2-3-26(32)31(22-10-8-21(9-11-22)24-12-13-25(35-24)27(33)34)17-23-15-29-18-30(23)16-20-6-4-19(14-28)5-7-20/h4-13,15,18H,2-3,16-17H2,1H3,(H,33,34). The Morgan fingerprint density at radius 3 is 2.46 bits per heavy atom. The Morgan fingerprint density at radius 2 is 1.83 bits per heavy atom. The molecular formula is C27H24N4O4. The monoisotopic (exact) mass is 468 g/mol. The molecule has 2 aromatic carbocycles. The van der Waals surface area contributed by atoms with Gasteiger partial charge in [0.1, 0.15) is 5.76 Å². The molecule has 2 aromatic heterocycles. The maximum absolute atomic E-state index is 13.0. The summed E-state index contributed by atoms with van der Waals surface area (Å²) in [5.41, 5.74) is 3.95. The van der Waals surface area contributed by atoms with Crippen LogP contribution in [0.4, 0.5) is 5.69 Å². The fourth-order valence-corrected chi connectivity index (χ4v) is 3.75. The van der Waals surface area contributed by atoms with Crippen molar-refractivity contribution < 1.29 is 19.1 Å². The van der Waals surface area contributed by atoms with Gasteiger partial charge in [-0.1, -0.05) is 19.1 Å². The number of carbonyl (C=O) groups is 2. The first kappa shape index (κ1) is 23.5. The van der Waals surface area contributed by atoms with Crippen LogP contribution in [0.25, 0.3) is 11.3 Å². The molecule has 8 nitrogen and oxygen atoms in total. The lowest BCUT2D eigenvalue weighted by Crippen LogP contribution is -2.31. The van der Waals surface area contributed by atoms with Crippen LogP contribution < -0.4 is 4.90 Å². The SMILES string of the molecule is CCCC(=O)N(Cc1cncn1Cc1ccc(C#N)cc1)c1ccc(-c2ccc(C(=O)O)o2)cc1. The molecule has 0 fully saturated rings. The summed E-state index contributed by atoms with van der Waals surface area (Å²) in [5.74, 6) is -0.806. The molecule has 4 rings (SSSR count). The van der Waals surface area contributed by atoms with Crippen molar-refractivity contribution >= 4 is 17.6 Å². The van der Waals surface area contributed by atoms with Crippen LogP contribution in [0.3, 0.4) is 0 Å². The van der Waals surface area contributed by atoms with Gasteiger partial charge in [-0.05, 0) is 60.5 Å². The Bertz CT molecular complexity index is 1360. The van der Waals surface area contributed by atoms with Gasteiger partial charge in [-0.25, -0.2) is 9.78 Å². The van der Waals surface area contributed by atoms with E-state index in [0.29, 0.717) is 30.8 Å². The van der Waals surface area contributed by atoms with Crippen LogP contribution in [0.2, 0.25) is 0 Å². The normalized spacial score (nSPS) is 10.6. The second-order valence-corrected chi connectivity index (χ2v) is 8.07. The minimum Gasteiger partial charge on any atom is -0.475 e. The molecule has 35 heavy (non-hydrogen) atoms. The first-order valence-electron chi connectivity index (χ1n) is 11.2. The molecule has 2 heterocycles. The van der Waals surface area contributed by atoms with Crippen molar-refractivity contribution in [3.05, 3.63) is 95.8 Å². The number of benzene rings is 2. The van der Waals surface area contributed by atoms with Crippen LogP contribution in [-0.4, -0.2) is 26.5 Å². The fourth-order valence-electron chi connectivity index (χ4n) is 3.75. The predicted octanol–water partition coefficient (Wildman–Crippen LogP) is 5.09. The van der Waals surface area contributed by atoms with Gasteiger partial charge in [0, 0.05) is 30.4 Å². The van der Waals surface area contributed by atoms with Crippen molar-refractivity contribution in [1.82, 2.24) is 9.55 Å². The third-order valence-electron chi connectivity index (χ3n) is 5.60. The number of furan rings is 1. The maximum atomic E-state index is 13.0. The number of carboxylic acids is 1. The van der Waals surface area contributed by atoms with Gasteiger partial charge < -0.3 is 19.0 Å². The molecule has 4 aromatic rings. The van der Waals surface area contributed by atoms with Crippen molar-refractivity contribution in [2.75, 3.05) is 4.90 Å². The molecular weight excluding hydrogens is 444 g/mol. The summed E-state index contributed by atoms with van der Waals surface area (Å²) in [5, 5.41) is 18.1. The number of imidazole rings is 1. The van der Waals surface area contributed by atoms with Gasteiger partial charge in [0.15, 0.2) is 0 Å². The lowest BCUT2D eigenvalue weighted by molar-refractivity contribution is -0.118. The number of amides is 1. The van der Waals surface area contributed by atoms with Crippen LogP contribution in [0.15, 0.2) is 77.6 Å². The average Bonchev–Trinajstić information content (AvgIpc) is 3.53. The predicted molar refractivity (Wildman–Crippen MR) is 130 cm³/mol. The molecule has 0 aliphatic heterocycles. The summed E-state index contributed by atoms with van der Waals surface area (Å²) in [6, 6.07) is 19.8. The van der Waals surface area contributed by atoms with Crippen LogP contribution in [0, 0.1) is 11.3 Å². The first-order valence-corrected chi connectivity index (χ1v) is 11.2. The van der Waals surface area contributed by atoms with Crippen molar-refractivity contribution in [3.8, 4) is 17.4 Å². The highest BCUT2D eigenvalue weighted by Crippen LogP contribution is 2.27. The van der Waals surface area contributed by atoms with E-state index >= 15 is 0 Å². The smallest absolute Gasteiger partial charge is 0.371 e. The number of nitriles is 1. The third kappa shape index (κ3) is 5.47. The first-order chi connectivity index (χ1) is 17.0.